The zero-order valence-corrected chi connectivity index (χ0v) is 18.7. The molecule has 0 aliphatic heterocycles. The number of anilines is 2. The van der Waals surface area contributed by atoms with Gasteiger partial charge in [0.25, 0.3) is 0 Å². The predicted octanol–water partition coefficient (Wildman–Crippen LogP) is 5.30. The largest absolute Gasteiger partial charge is 0.496 e. The van der Waals surface area contributed by atoms with E-state index in [9.17, 15) is 13.2 Å². The van der Waals surface area contributed by atoms with Crippen molar-refractivity contribution in [3.8, 4) is 5.75 Å². The molecule has 3 aromatic rings. The first kappa shape index (κ1) is 23.6. The number of alkyl halides is 3. The smallest absolute Gasteiger partial charge is 0.416 e. The Balaban J connectivity index is 2.05. The second kappa shape index (κ2) is 9.20. The Labute approximate surface area is 185 Å². The Morgan fingerprint density at radius 1 is 1.06 bits per heavy atom. The first-order chi connectivity index (χ1) is 15.0. The van der Waals surface area contributed by atoms with Crippen LogP contribution in [-0.4, -0.2) is 30.3 Å². The van der Waals surface area contributed by atoms with Gasteiger partial charge in [-0.25, -0.2) is 9.97 Å². The number of aryl methyl sites for hydroxylation is 1. The summed E-state index contributed by atoms with van der Waals surface area (Å²) in [6.07, 6.45) is -3.90. The lowest BCUT2D eigenvalue weighted by atomic mass is 10.0. The maximum Gasteiger partial charge on any atom is 0.416 e. The predicted molar refractivity (Wildman–Crippen MR) is 119 cm³/mol. The van der Waals surface area contributed by atoms with E-state index in [1.165, 1.54) is 6.07 Å². The Morgan fingerprint density at radius 2 is 1.78 bits per heavy atom. The van der Waals surface area contributed by atoms with E-state index in [1.807, 2.05) is 19.1 Å². The molecule has 0 bridgehead atoms. The summed E-state index contributed by atoms with van der Waals surface area (Å²) in [4.78, 5) is 9.00. The number of hydrogen-bond donors (Lipinski definition) is 2. The third kappa shape index (κ3) is 5.21. The molecule has 6 nitrogen and oxygen atoms in total. The number of hydrogen-bond acceptors (Lipinski definition) is 6. The molecule has 3 N–H and O–H groups in total. The van der Waals surface area contributed by atoms with Crippen LogP contribution in [0.25, 0.3) is 10.9 Å². The van der Waals surface area contributed by atoms with Crippen LogP contribution in [0.15, 0.2) is 30.3 Å². The quantitative estimate of drug-likeness (QED) is 0.478. The fourth-order valence-corrected chi connectivity index (χ4v) is 3.55. The molecule has 2 aromatic carbocycles. The molecule has 0 saturated carbocycles. The molecule has 2 atom stereocenters. The Hall–Kier alpha value is -3.07. The van der Waals surface area contributed by atoms with E-state index in [4.69, 9.17) is 15.2 Å². The van der Waals surface area contributed by atoms with Gasteiger partial charge in [0, 0.05) is 30.7 Å². The van der Waals surface area contributed by atoms with Gasteiger partial charge < -0.3 is 20.5 Å². The summed E-state index contributed by atoms with van der Waals surface area (Å²) in [5.74, 6) is 1.73. The minimum absolute atomic E-state index is 0.0314. The summed E-state index contributed by atoms with van der Waals surface area (Å²) < 4.78 is 50.6. The Kier molecular flexibility index (Phi) is 6.78. The van der Waals surface area contributed by atoms with E-state index >= 15 is 0 Å². The number of benzene rings is 2. The number of nitrogen functional groups attached to an aromatic ring is 1. The van der Waals surface area contributed by atoms with Crippen molar-refractivity contribution in [2.45, 2.75) is 45.5 Å². The van der Waals surface area contributed by atoms with E-state index in [1.54, 1.807) is 28.1 Å². The zero-order chi connectivity index (χ0) is 23.6. The van der Waals surface area contributed by atoms with Crippen LogP contribution in [0, 0.1) is 6.92 Å². The monoisotopic (exact) mass is 448 g/mol. The number of nitrogens with zero attached hydrogens (tertiary/aromatic N) is 2. The van der Waals surface area contributed by atoms with Crippen molar-refractivity contribution in [2.75, 3.05) is 25.3 Å². The van der Waals surface area contributed by atoms with Crippen molar-refractivity contribution in [2.24, 2.45) is 0 Å². The lowest BCUT2D eigenvalue weighted by molar-refractivity contribution is -0.137. The van der Waals surface area contributed by atoms with Crippen LogP contribution in [0.5, 0.6) is 5.75 Å². The number of methoxy groups -OCH3 is 2. The first-order valence-corrected chi connectivity index (χ1v) is 10.1. The molecule has 32 heavy (non-hydrogen) atoms. The average molecular weight is 448 g/mol. The highest BCUT2D eigenvalue weighted by atomic mass is 19.4. The van der Waals surface area contributed by atoms with Gasteiger partial charge in [-0.2, -0.15) is 13.2 Å². The summed E-state index contributed by atoms with van der Waals surface area (Å²) in [7, 11) is 3.23. The van der Waals surface area contributed by atoms with Gasteiger partial charge in [0.1, 0.15) is 17.4 Å². The summed E-state index contributed by atoms with van der Waals surface area (Å²) in [6.45, 7) is 5.47. The molecular formula is C23H27F3N4O2. The molecule has 0 spiro atoms. The fourth-order valence-electron chi connectivity index (χ4n) is 3.55. The van der Waals surface area contributed by atoms with Gasteiger partial charge in [-0.1, -0.05) is 0 Å². The first-order valence-electron chi connectivity index (χ1n) is 10.1. The molecule has 0 radical (unpaired) electrons. The minimum Gasteiger partial charge on any atom is -0.496 e. The highest BCUT2D eigenvalue weighted by molar-refractivity contribution is 5.91. The van der Waals surface area contributed by atoms with Crippen LogP contribution >= 0.6 is 0 Å². The summed E-state index contributed by atoms with van der Waals surface area (Å²) >= 11 is 0. The van der Waals surface area contributed by atoms with E-state index in [0.29, 0.717) is 34.9 Å². The van der Waals surface area contributed by atoms with Gasteiger partial charge in [-0.15, -0.1) is 0 Å². The van der Waals surface area contributed by atoms with Crippen LogP contribution < -0.4 is 15.8 Å². The lowest BCUT2D eigenvalue weighted by Crippen LogP contribution is -2.13. The molecule has 1 aromatic heterocycles. The van der Waals surface area contributed by atoms with Crippen LogP contribution in [0.2, 0.25) is 0 Å². The van der Waals surface area contributed by atoms with Crippen molar-refractivity contribution >= 4 is 22.4 Å². The van der Waals surface area contributed by atoms with Crippen LogP contribution in [0.1, 0.15) is 42.4 Å². The van der Waals surface area contributed by atoms with Gasteiger partial charge in [-0.05, 0) is 56.2 Å². The van der Waals surface area contributed by atoms with Gasteiger partial charge >= 0.3 is 6.18 Å². The minimum atomic E-state index is -4.48. The molecule has 9 heteroatoms. The van der Waals surface area contributed by atoms with Crippen LogP contribution in [0.4, 0.5) is 24.7 Å². The van der Waals surface area contributed by atoms with Gasteiger partial charge in [-0.3, -0.25) is 0 Å². The molecule has 1 unspecified atom stereocenters. The van der Waals surface area contributed by atoms with E-state index < -0.39 is 17.8 Å². The Bertz CT molecular complexity index is 1120. The maximum absolute atomic E-state index is 13.2. The van der Waals surface area contributed by atoms with Crippen molar-refractivity contribution in [3.63, 3.8) is 0 Å². The number of halogens is 3. The maximum atomic E-state index is 13.2. The average Bonchev–Trinajstić information content (AvgIpc) is 2.72. The summed E-state index contributed by atoms with van der Waals surface area (Å²) in [5, 5.41) is 3.97. The second-order valence-electron chi connectivity index (χ2n) is 7.80. The lowest BCUT2D eigenvalue weighted by Gasteiger charge is -2.20. The van der Waals surface area contributed by atoms with Crippen LogP contribution in [-0.2, 0) is 17.3 Å². The standard InChI is InChI=1S/C23H27F3N4O2/c1-12(31-4)6-16-9-19-20(11-21(16)32-5)29-14(3)30-22(19)28-13(2)15-7-17(23(24,25)26)10-18(27)8-15/h7-13H,6,27H2,1-5H3,(H,28,29,30)/t12?,13-/m1/s1. The van der Waals surface area contributed by atoms with Gasteiger partial charge in [0.15, 0.2) is 0 Å². The fraction of sp³-hybridized carbons (Fsp3) is 0.391. The molecule has 1 heterocycles. The van der Waals surface area contributed by atoms with Gasteiger partial charge in [0.05, 0.1) is 30.3 Å². The van der Waals surface area contributed by atoms with Crippen molar-refractivity contribution in [1.82, 2.24) is 9.97 Å². The molecule has 0 amide bonds. The Morgan fingerprint density at radius 3 is 2.41 bits per heavy atom. The summed E-state index contributed by atoms with van der Waals surface area (Å²) in [6, 6.07) is 6.83. The third-order valence-electron chi connectivity index (χ3n) is 5.28. The van der Waals surface area contributed by atoms with Crippen molar-refractivity contribution in [1.29, 1.82) is 0 Å². The van der Waals surface area contributed by atoms with E-state index in [2.05, 4.69) is 15.3 Å². The normalized spacial score (nSPS) is 13.8. The van der Waals surface area contributed by atoms with Crippen molar-refractivity contribution < 1.29 is 22.6 Å². The van der Waals surface area contributed by atoms with Crippen LogP contribution in [0.3, 0.4) is 0 Å². The highest BCUT2D eigenvalue weighted by Gasteiger charge is 2.31. The highest BCUT2D eigenvalue weighted by Crippen LogP contribution is 2.35. The van der Waals surface area contributed by atoms with Crippen molar-refractivity contribution in [3.05, 3.63) is 52.8 Å². The van der Waals surface area contributed by atoms with E-state index in [0.717, 1.165) is 23.1 Å². The number of aromatic nitrogens is 2. The second-order valence-corrected chi connectivity index (χ2v) is 7.80. The zero-order valence-electron chi connectivity index (χ0n) is 18.7. The number of rotatable bonds is 7. The van der Waals surface area contributed by atoms with Gasteiger partial charge in [0.2, 0.25) is 0 Å². The molecule has 0 fully saturated rings. The molecule has 0 saturated heterocycles. The topological polar surface area (TPSA) is 82.3 Å². The third-order valence-corrected chi connectivity index (χ3v) is 5.28. The SMILES string of the molecule is COc1cc2nc(C)nc(N[C@H](C)c3cc(N)cc(C(F)(F)F)c3)c2cc1CC(C)OC. The molecule has 172 valence electrons. The number of nitrogens with one attached hydrogen (secondary N) is 1. The molecular weight excluding hydrogens is 421 g/mol. The molecule has 0 aliphatic rings. The number of fused-ring (bicyclic) bond motifs is 1. The summed E-state index contributed by atoms with van der Waals surface area (Å²) in [5.41, 5.74) is 6.99. The molecule has 0 aliphatic carbocycles. The van der Waals surface area contributed by atoms with E-state index in [-0.39, 0.29) is 11.8 Å². The molecule has 3 rings (SSSR count). The number of nitrogens with two attached hydrogens (primary N) is 1. The number of ether oxygens (including phenoxy) is 2.